The van der Waals surface area contributed by atoms with E-state index >= 15 is 0 Å². The summed E-state index contributed by atoms with van der Waals surface area (Å²) in [5, 5.41) is 9.17. The predicted octanol–water partition coefficient (Wildman–Crippen LogP) is 4.08. The van der Waals surface area contributed by atoms with Crippen LogP contribution in [0.3, 0.4) is 0 Å². The first-order valence-corrected chi connectivity index (χ1v) is 17.0. The summed E-state index contributed by atoms with van der Waals surface area (Å²) in [4.78, 5) is 11.8. The van der Waals surface area contributed by atoms with Crippen LogP contribution < -0.4 is 16.0 Å². The summed E-state index contributed by atoms with van der Waals surface area (Å²) in [5.41, 5.74) is 1.70. The minimum absolute atomic E-state index is 0.0502. The molecular formula is C28H37N5O5S3. The Labute approximate surface area is 248 Å². The molecule has 4 rings (SSSR count). The van der Waals surface area contributed by atoms with Crippen molar-refractivity contribution in [3.63, 3.8) is 0 Å². The average molecular weight is 620 g/mol. The Balaban J connectivity index is 1.77. The van der Waals surface area contributed by atoms with Crippen molar-refractivity contribution >= 4 is 66.8 Å². The van der Waals surface area contributed by atoms with Crippen molar-refractivity contribution in [1.82, 2.24) is 13.9 Å². The van der Waals surface area contributed by atoms with Crippen LogP contribution in [0.5, 0.6) is 0 Å². The molecule has 0 atom stereocenters. The first-order chi connectivity index (χ1) is 19.4. The highest BCUT2D eigenvalue weighted by molar-refractivity contribution is 7.89. The first kappa shape index (κ1) is 31.1. The molecule has 2 aromatic rings. The van der Waals surface area contributed by atoms with Crippen molar-refractivity contribution in [2.45, 2.75) is 62.3 Å². The van der Waals surface area contributed by atoms with Crippen LogP contribution in [0.1, 0.15) is 57.6 Å². The SMILES string of the molecule is CC(=O)Nc1ccc(C=Cc2ccc(NC(=S)NC(C)C)cc2S(=O)(=O)N2CCCC2)c(S(=O)(=O)N2CCCC2)c1. The van der Waals surface area contributed by atoms with Crippen LogP contribution in [0.25, 0.3) is 12.2 Å². The van der Waals surface area contributed by atoms with Gasteiger partial charge in [-0.15, -0.1) is 0 Å². The maximum Gasteiger partial charge on any atom is 0.243 e. The van der Waals surface area contributed by atoms with Crippen molar-refractivity contribution in [2.75, 3.05) is 36.8 Å². The van der Waals surface area contributed by atoms with Crippen LogP contribution >= 0.6 is 12.2 Å². The normalized spacial score (nSPS) is 16.9. The second kappa shape index (κ2) is 13.0. The third-order valence-corrected chi connectivity index (χ3v) is 11.0. The molecule has 0 spiro atoms. The Bertz CT molecular complexity index is 1540. The van der Waals surface area contributed by atoms with Gasteiger partial charge in [0.15, 0.2) is 5.11 Å². The largest absolute Gasteiger partial charge is 0.360 e. The average Bonchev–Trinajstić information content (AvgIpc) is 3.63. The van der Waals surface area contributed by atoms with E-state index in [0.29, 0.717) is 53.8 Å². The van der Waals surface area contributed by atoms with Crippen LogP contribution in [0.15, 0.2) is 46.2 Å². The molecule has 10 nitrogen and oxygen atoms in total. The second-order valence-electron chi connectivity index (χ2n) is 10.5. The Hall–Kier alpha value is -2.84. The Morgan fingerprint density at radius 1 is 0.780 bits per heavy atom. The zero-order valence-electron chi connectivity index (χ0n) is 23.5. The molecule has 2 fully saturated rings. The zero-order chi connectivity index (χ0) is 29.8. The number of carbonyl (C=O) groups is 1. The third kappa shape index (κ3) is 7.52. The number of hydrogen-bond donors (Lipinski definition) is 3. The second-order valence-corrected chi connectivity index (χ2v) is 14.7. The molecule has 2 heterocycles. The molecule has 2 aliphatic heterocycles. The molecule has 0 saturated carbocycles. The first-order valence-electron chi connectivity index (χ1n) is 13.7. The number of anilines is 2. The Kier molecular flexibility index (Phi) is 9.85. The quantitative estimate of drug-likeness (QED) is 0.283. The summed E-state index contributed by atoms with van der Waals surface area (Å²) in [6.07, 6.45) is 6.38. The van der Waals surface area contributed by atoms with E-state index in [2.05, 4.69) is 16.0 Å². The minimum atomic E-state index is -3.84. The van der Waals surface area contributed by atoms with Crippen LogP contribution in [0, 0.1) is 0 Å². The maximum atomic E-state index is 13.7. The highest BCUT2D eigenvalue weighted by Gasteiger charge is 2.31. The van der Waals surface area contributed by atoms with E-state index in [1.54, 1.807) is 42.5 Å². The molecule has 3 N–H and O–H groups in total. The number of rotatable bonds is 9. The van der Waals surface area contributed by atoms with Crippen molar-refractivity contribution in [3.8, 4) is 0 Å². The molecule has 13 heteroatoms. The van der Waals surface area contributed by atoms with Gasteiger partial charge in [0, 0.05) is 50.5 Å². The highest BCUT2D eigenvalue weighted by atomic mass is 32.2. The monoisotopic (exact) mass is 619 g/mol. The molecule has 0 unspecified atom stereocenters. The van der Waals surface area contributed by atoms with Crippen molar-refractivity contribution in [1.29, 1.82) is 0 Å². The van der Waals surface area contributed by atoms with E-state index in [4.69, 9.17) is 12.2 Å². The lowest BCUT2D eigenvalue weighted by Crippen LogP contribution is -2.34. The molecule has 41 heavy (non-hydrogen) atoms. The van der Waals surface area contributed by atoms with Crippen LogP contribution in [-0.4, -0.2) is 68.7 Å². The van der Waals surface area contributed by atoms with Gasteiger partial charge in [-0.2, -0.15) is 8.61 Å². The fourth-order valence-corrected chi connectivity index (χ4v) is 8.70. The molecule has 222 valence electrons. The molecule has 0 aromatic heterocycles. The van der Waals surface area contributed by atoms with Gasteiger partial charge in [-0.1, -0.05) is 24.3 Å². The van der Waals surface area contributed by atoms with Gasteiger partial charge in [-0.05, 0) is 87.1 Å². The van der Waals surface area contributed by atoms with Crippen LogP contribution in [0.4, 0.5) is 11.4 Å². The molecule has 0 bridgehead atoms. The summed E-state index contributed by atoms with van der Waals surface area (Å²) in [6, 6.07) is 9.77. The lowest BCUT2D eigenvalue weighted by molar-refractivity contribution is -0.114. The lowest BCUT2D eigenvalue weighted by Gasteiger charge is -2.20. The van der Waals surface area contributed by atoms with Crippen molar-refractivity contribution < 1.29 is 21.6 Å². The van der Waals surface area contributed by atoms with E-state index in [1.807, 2.05) is 13.8 Å². The van der Waals surface area contributed by atoms with E-state index in [1.165, 1.54) is 21.6 Å². The van der Waals surface area contributed by atoms with E-state index < -0.39 is 20.0 Å². The van der Waals surface area contributed by atoms with E-state index in [9.17, 15) is 21.6 Å². The minimum Gasteiger partial charge on any atom is -0.360 e. The number of sulfonamides is 2. The number of thiocarbonyl (C=S) groups is 1. The fraction of sp³-hybridized carbons (Fsp3) is 0.429. The van der Waals surface area contributed by atoms with Gasteiger partial charge < -0.3 is 16.0 Å². The van der Waals surface area contributed by atoms with E-state index in [-0.39, 0.29) is 21.7 Å². The van der Waals surface area contributed by atoms with E-state index in [0.717, 1.165) is 25.7 Å². The predicted molar refractivity (Wildman–Crippen MR) is 167 cm³/mol. The summed E-state index contributed by atoms with van der Waals surface area (Å²) in [6.45, 7) is 7.00. The summed E-state index contributed by atoms with van der Waals surface area (Å²) >= 11 is 5.35. The molecule has 2 aliphatic rings. The molecular weight excluding hydrogens is 583 g/mol. The molecule has 0 radical (unpaired) electrons. The topological polar surface area (TPSA) is 128 Å². The smallest absolute Gasteiger partial charge is 0.243 e. The number of nitrogens with one attached hydrogen (secondary N) is 3. The van der Waals surface area contributed by atoms with Crippen LogP contribution in [0.2, 0.25) is 0 Å². The molecule has 0 aliphatic carbocycles. The lowest BCUT2D eigenvalue weighted by atomic mass is 10.1. The Morgan fingerprint density at radius 3 is 1.59 bits per heavy atom. The summed E-state index contributed by atoms with van der Waals surface area (Å²) < 4.78 is 57.5. The molecule has 2 aromatic carbocycles. The molecule has 2 saturated heterocycles. The zero-order valence-corrected chi connectivity index (χ0v) is 26.0. The molecule has 1 amide bonds. The number of hydrogen-bond acceptors (Lipinski definition) is 6. The van der Waals surface area contributed by atoms with Gasteiger partial charge in [0.25, 0.3) is 0 Å². The van der Waals surface area contributed by atoms with Gasteiger partial charge in [-0.25, -0.2) is 16.8 Å². The number of nitrogens with zero attached hydrogens (tertiary/aromatic N) is 2. The van der Waals surface area contributed by atoms with Gasteiger partial charge in [0.1, 0.15) is 0 Å². The number of amides is 1. The number of carbonyl (C=O) groups excluding carboxylic acids is 1. The van der Waals surface area contributed by atoms with Gasteiger partial charge >= 0.3 is 0 Å². The fourth-order valence-electron chi connectivity index (χ4n) is 4.89. The highest BCUT2D eigenvalue weighted by Crippen LogP contribution is 2.31. The number of benzene rings is 2. The van der Waals surface area contributed by atoms with Crippen molar-refractivity contribution in [2.24, 2.45) is 0 Å². The maximum absolute atomic E-state index is 13.7. The van der Waals surface area contributed by atoms with Gasteiger partial charge in [-0.3, -0.25) is 4.79 Å². The third-order valence-electron chi connectivity index (χ3n) is 6.83. The van der Waals surface area contributed by atoms with Gasteiger partial charge in [0.05, 0.1) is 9.79 Å². The standard InChI is InChI=1S/C28H37N5O5S3/c1-20(2)29-28(39)31-25-13-11-23(27(19-25)41(37,38)33-16-6-7-17-33)9-8-22-10-12-24(30-21(3)34)18-26(22)40(35,36)32-14-4-5-15-32/h8-13,18-20H,4-7,14-17H2,1-3H3,(H,30,34)(H2,29,31,39). The van der Waals surface area contributed by atoms with Crippen molar-refractivity contribution in [3.05, 3.63) is 47.5 Å². The van der Waals surface area contributed by atoms with Crippen LogP contribution in [-0.2, 0) is 24.8 Å². The summed E-state index contributed by atoms with van der Waals surface area (Å²) in [5.74, 6) is -0.314. The van der Waals surface area contributed by atoms with Gasteiger partial charge in [0.2, 0.25) is 26.0 Å². The summed E-state index contributed by atoms with van der Waals surface area (Å²) in [7, 11) is -7.66. The Morgan fingerprint density at radius 2 is 1.20 bits per heavy atom.